The maximum absolute atomic E-state index is 13.3. The highest BCUT2D eigenvalue weighted by atomic mass is 19.3. The molecule has 0 fully saturated rings. The van der Waals surface area contributed by atoms with E-state index in [9.17, 15) is 13.6 Å². The number of carboxylic acids is 1. The number of carboxylic acid groups (broad SMARTS) is 1. The lowest BCUT2D eigenvalue weighted by Crippen LogP contribution is -2.20. The molecule has 0 aliphatic rings. The van der Waals surface area contributed by atoms with Crippen molar-refractivity contribution in [3.05, 3.63) is 35.4 Å². The Bertz CT molecular complexity index is 360. The van der Waals surface area contributed by atoms with Crippen molar-refractivity contribution in [1.29, 1.82) is 0 Å². The van der Waals surface area contributed by atoms with Crippen LogP contribution in [0.1, 0.15) is 11.1 Å². The van der Waals surface area contributed by atoms with E-state index in [1.807, 2.05) is 0 Å². The molecule has 1 aromatic rings. The van der Waals surface area contributed by atoms with E-state index in [1.54, 1.807) is 0 Å². The second-order valence-corrected chi connectivity index (χ2v) is 3.40. The number of carbonyl (C=O) groups is 1. The molecule has 88 valence electrons. The van der Waals surface area contributed by atoms with Crippen LogP contribution in [0.2, 0.25) is 0 Å². The topological polar surface area (TPSA) is 46.5 Å². The van der Waals surface area contributed by atoms with Gasteiger partial charge in [-0.1, -0.05) is 24.3 Å². The van der Waals surface area contributed by atoms with Crippen LogP contribution >= 0.6 is 0 Å². The standard InChI is InChI=1S/C11H12F2O3/c1-16-7-11(12,13)9-4-2-8(3-5-9)6-10(14)15/h2-5H,6-7H2,1H3,(H,14,15). The van der Waals surface area contributed by atoms with Gasteiger partial charge in [-0.3, -0.25) is 4.79 Å². The fourth-order valence-electron chi connectivity index (χ4n) is 1.31. The number of alkyl halides is 2. The van der Waals surface area contributed by atoms with Gasteiger partial charge in [-0.2, -0.15) is 8.78 Å². The highest BCUT2D eigenvalue weighted by Crippen LogP contribution is 2.28. The quantitative estimate of drug-likeness (QED) is 0.842. The van der Waals surface area contributed by atoms with Gasteiger partial charge in [-0.25, -0.2) is 0 Å². The summed E-state index contributed by atoms with van der Waals surface area (Å²) in [5.74, 6) is -4.03. The monoisotopic (exact) mass is 230 g/mol. The Kier molecular flexibility index (Phi) is 3.95. The zero-order valence-electron chi connectivity index (χ0n) is 8.74. The molecule has 1 N–H and O–H groups in total. The number of methoxy groups -OCH3 is 1. The third kappa shape index (κ3) is 3.27. The number of hydrogen-bond donors (Lipinski definition) is 1. The van der Waals surface area contributed by atoms with Gasteiger partial charge < -0.3 is 9.84 Å². The van der Waals surface area contributed by atoms with Gasteiger partial charge in [0, 0.05) is 12.7 Å². The van der Waals surface area contributed by atoms with Gasteiger partial charge in [0.1, 0.15) is 6.61 Å². The molecule has 3 nitrogen and oxygen atoms in total. The molecule has 0 unspecified atom stereocenters. The Hall–Kier alpha value is -1.49. The van der Waals surface area contributed by atoms with E-state index >= 15 is 0 Å². The molecule has 0 spiro atoms. The molecular weight excluding hydrogens is 218 g/mol. The zero-order chi connectivity index (χ0) is 12.2. The van der Waals surface area contributed by atoms with Crippen LogP contribution < -0.4 is 0 Å². The van der Waals surface area contributed by atoms with Gasteiger partial charge in [-0.15, -0.1) is 0 Å². The summed E-state index contributed by atoms with van der Waals surface area (Å²) in [6.45, 7) is -0.689. The minimum Gasteiger partial charge on any atom is -0.481 e. The largest absolute Gasteiger partial charge is 0.481 e. The first-order valence-electron chi connectivity index (χ1n) is 4.63. The van der Waals surface area contributed by atoms with Gasteiger partial charge in [0.2, 0.25) is 0 Å². The fraction of sp³-hybridized carbons (Fsp3) is 0.364. The van der Waals surface area contributed by atoms with E-state index < -0.39 is 18.5 Å². The minimum absolute atomic E-state index is 0.171. The number of aliphatic carboxylic acids is 1. The van der Waals surface area contributed by atoms with E-state index in [1.165, 1.54) is 31.4 Å². The van der Waals surface area contributed by atoms with Gasteiger partial charge in [0.05, 0.1) is 6.42 Å². The number of ether oxygens (including phenoxy) is 1. The average molecular weight is 230 g/mol. The first-order valence-corrected chi connectivity index (χ1v) is 4.63. The molecule has 0 radical (unpaired) electrons. The van der Waals surface area contributed by atoms with Crippen molar-refractivity contribution in [3.63, 3.8) is 0 Å². The van der Waals surface area contributed by atoms with Crippen molar-refractivity contribution in [2.45, 2.75) is 12.3 Å². The molecule has 0 aliphatic carbocycles. The Morgan fingerprint density at radius 1 is 1.38 bits per heavy atom. The lowest BCUT2D eigenvalue weighted by Gasteiger charge is -2.15. The summed E-state index contributed by atoms with van der Waals surface area (Å²) in [5, 5.41) is 8.51. The highest BCUT2D eigenvalue weighted by Gasteiger charge is 2.31. The Labute approximate surface area is 91.7 Å². The molecule has 0 amide bonds. The first-order chi connectivity index (χ1) is 7.45. The van der Waals surface area contributed by atoms with E-state index in [4.69, 9.17) is 5.11 Å². The van der Waals surface area contributed by atoms with Gasteiger partial charge in [0.25, 0.3) is 5.92 Å². The van der Waals surface area contributed by atoms with Gasteiger partial charge in [-0.05, 0) is 5.56 Å². The molecule has 0 aromatic heterocycles. The number of benzene rings is 1. The molecule has 16 heavy (non-hydrogen) atoms. The summed E-state index contributed by atoms with van der Waals surface area (Å²) in [6.07, 6.45) is -0.171. The SMILES string of the molecule is COCC(F)(F)c1ccc(CC(=O)O)cc1. The van der Waals surface area contributed by atoms with Gasteiger partial charge >= 0.3 is 5.97 Å². The van der Waals surface area contributed by atoms with E-state index in [0.29, 0.717) is 5.56 Å². The molecule has 0 saturated carbocycles. The Morgan fingerprint density at radius 3 is 2.38 bits per heavy atom. The predicted octanol–water partition coefficient (Wildman–Crippen LogP) is 2.05. The van der Waals surface area contributed by atoms with Crippen molar-refractivity contribution >= 4 is 5.97 Å². The van der Waals surface area contributed by atoms with Crippen LogP contribution in [0.3, 0.4) is 0 Å². The smallest absolute Gasteiger partial charge is 0.307 e. The molecule has 1 rings (SSSR count). The van der Waals surface area contributed by atoms with Crippen molar-refractivity contribution in [2.75, 3.05) is 13.7 Å². The number of hydrogen-bond acceptors (Lipinski definition) is 2. The zero-order valence-corrected chi connectivity index (χ0v) is 8.74. The van der Waals surface area contributed by atoms with Crippen LogP contribution in [0, 0.1) is 0 Å². The van der Waals surface area contributed by atoms with E-state index in [0.717, 1.165) is 0 Å². The molecule has 5 heteroatoms. The molecule has 0 aliphatic heterocycles. The van der Waals surface area contributed by atoms with E-state index in [2.05, 4.69) is 4.74 Å². The molecule has 1 aromatic carbocycles. The fourth-order valence-corrected chi connectivity index (χ4v) is 1.31. The van der Waals surface area contributed by atoms with Crippen LogP contribution in [-0.2, 0) is 21.9 Å². The van der Waals surface area contributed by atoms with Crippen LogP contribution in [0.25, 0.3) is 0 Å². The van der Waals surface area contributed by atoms with Crippen LogP contribution in [0.4, 0.5) is 8.78 Å². The summed E-state index contributed by atoms with van der Waals surface area (Å²) in [4.78, 5) is 10.4. The number of rotatable bonds is 5. The molecule has 0 saturated heterocycles. The van der Waals surface area contributed by atoms with Crippen molar-refractivity contribution in [2.24, 2.45) is 0 Å². The lowest BCUT2D eigenvalue weighted by atomic mass is 10.1. The van der Waals surface area contributed by atoms with Gasteiger partial charge in [0.15, 0.2) is 0 Å². The second kappa shape index (κ2) is 5.03. The van der Waals surface area contributed by atoms with Crippen molar-refractivity contribution in [3.8, 4) is 0 Å². The summed E-state index contributed by atoms with van der Waals surface area (Å²) in [6, 6.07) is 5.20. The first kappa shape index (κ1) is 12.6. The normalized spacial score (nSPS) is 11.4. The third-order valence-electron chi connectivity index (χ3n) is 2.06. The third-order valence-corrected chi connectivity index (χ3v) is 2.06. The van der Waals surface area contributed by atoms with Crippen molar-refractivity contribution in [1.82, 2.24) is 0 Å². The van der Waals surface area contributed by atoms with Crippen LogP contribution in [-0.4, -0.2) is 24.8 Å². The molecule has 0 atom stereocenters. The average Bonchev–Trinajstić information content (AvgIpc) is 2.17. The maximum atomic E-state index is 13.3. The lowest BCUT2D eigenvalue weighted by molar-refractivity contribution is -0.136. The van der Waals surface area contributed by atoms with Crippen LogP contribution in [0.15, 0.2) is 24.3 Å². The summed E-state index contributed by atoms with van der Waals surface area (Å²) < 4.78 is 31.0. The summed E-state index contributed by atoms with van der Waals surface area (Å²) >= 11 is 0. The second-order valence-electron chi connectivity index (χ2n) is 3.40. The predicted molar refractivity (Wildman–Crippen MR) is 53.6 cm³/mol. The maximum Gasteiger partial charge on any atom is 0.307 e. The molecule has 0 bridgehead atoms. The summed E-state index contributed by atoms with van der Waals surface area (Å²) in [5.41, 5.74) is 0.313. The summed E-state index contributed by atoms with van der Waals surface area (Å²) in [7, 11) is 1.20. The van der Waals surface area contributed by atoms with Crippen LogP contribution in [0.5, 0.6) is 0 Å². The minimum atomic E-state index is -3.05. The van der Waals surface area contributed by atoms with Crippen molar-refractivity contribution < 1.29 is 23.4 Å². The molecule has 0 heterocycles. The Balaban J connectivity index is 2.81. The Morgan fingerprint density at radius 2 is 1.94 bits per heavy atom. The molecular formula is C11H12F2O3. The highest BCUT2D eigenvalue weighted by molar-refractivity contribution is 5.70. The van der Waals surface area contributed by atoms with E-state index in [-0.39, 0.29) is 12.0 Å². The number of halogens is 2.